The molecule has 1 amide bonds. The van der Waals surface area contributed by atoms with E-state index in [4.69, 9.17) is 0 Å². The van der Waals surface area contributed by atoms with Gasteiger partial charge in [-0.1, -0.05) is 12.2 Å². The number of hydrogen-bond donors (Lipinski definition) is 0. The summed E-state index contributed by atoms with van der Waals surface area (Å²) >= 11 is 1.52. The van der Waals surface area contributed by atoms with Gasteiger partial charge >= 0.3 is 0 Å². The topological polar surface area (TPSA) is 33.2 Å². The van der Waals surface area contributed by atoms with Crippen LogP contribution in [0.2, 0.25) is 0 Å². The van der Waals surface area contributed by atoms with E-state index in [1.54, 1.807) is 0 Å². The predicted octanol–water partition coefficient (Wildman–Crippen LogP) is 3.08. The van der Waals surface area contributed by atoms with Crippen molar-refractivity contribution in [1.29, 1.82) is 0 Å². The second-order valence-electron chi connectivity index (χ2n) is 5.40. The normalized spacial score (nSPS) is 26.8. The quantitative estimate of drug-likeness (QED) is 0.729. The standard InChI is InChI=1S/C14H18N2OS/c1-8-6-11-4-5-12(7-8)16(11)14(17)13-9(2)15-10(3)18-13/h11-12H,1,4-7H2,2-3H3. The van der Waals surface area contributed by atoms with E-state index in [0.29, 0.717) is 12.1 Å². The smallest absolute Gasteiger partial charge is 0.266 e. The van der Waals surface area contributed by atoms with Crippen LogP contribution in [0.1, 0.15) is 46.1 Å². The van der Waals surface area contributed by atoms with Gasteiger partial charge in [-0.2, -0.15) is 0 Å². The fraction of sp³-hybridized carbons (Fsp3) is 0.571. The molecule has 0 aromatic carbocycles. The van der Waals surface area contributed by atoms with Gasteiger partial charge in [-0.15, -0.1) is 11.3 Å². The van der Waals surface area contributed by atoms with Gasteiger partial charge in [-0.3, -0.25) is 4.79 Å². The molecule has 1 aromatic heterocycles. The van der Waals surface area contributed by atoms with Crippen LogP contribution in [0.4, 0.5) is 0 Å². The van der Waals surface area contributed by atoms with Gasteiger partial charge in [0, 0.05) is 12.1 Å². The first-order valence-corrected chi connectivity index (χ1v) is 7.31. The average molecular weight is 262 g/mol. The molecule has 0 saturated carbocycles. The van der Waals surface area contributed by atoms with Crippen LogP contribution in [0.15, 0.2) is 12.2 Å². The molecule has 3 heterocycles. The third-order valence-electron chi connectivity index (χ3n) is 4.00. The molecule has 2 atom stereocenters. The molecule has 96 valence electrons. The number of fused-ring (bicyclic) bond motifs is 2. The second kappa shape index (κ2) is 4.19. The Morgan fingerprint density at radius 1 is 1.33 bits per heavy atom. The summed E-state index contributed by atoms with van der Waals surface area (Å²) in [5, 5.41) is 0.976. The number of carbonyl (C=O) groups excluding carboxylic acids is 1. The Kier molecular flexibility index (Phi) is 2.77. The van der Waals surface area contributed by atoms with Crippen molar-refractivity contribution in [3.05, 3.63) is 27.7 Å². The minimum atomic E-state index is 0.193. The first-order valence-electron chi connectivity index (χ1n) is 6.49. The number of rotatable bonds is 1. The van der Waals surface area contributed by atoms with E-state index in [-0.39, 0.29) is 5.91 Å². The highest BCUT2D eigenvalue weighted by Crippen LogP contribution is 2.39. The molecule has 2 fully saturated rings. The summed E-state index contributed by atoms with van der Waals surface area (Å²) in [5.41, 5.74) is 2.19. The molecule has 2 aliphatic heterocycles. The van der Waals surface area contributed by atoms with Crippen LogP contribution in [-0.4, -0.2) is 27.9 Å². The Hall–Kier alpha value is -1.16. The second-order valence-corrected chi connectivity index (χ2v) is 6.61. The molecule has 3 nitrogen and oxygen atoms in total. The number of thiazole rings is 1. The zero-order valence-corrected chi connectivity index (χ0v) is 11.7. The van der Waals surface area contributed by atoms with Crippen LogP contribution in [0.5, 0.6) is 0 Å². The largest absolute Gasteiger partial charge is 0.331 e. The van der Waals surface area contributed by atoms with Crippen molar-refractivity contribution in [2.45, 2.75) is 51.6 Å². The molecule has 0 radical (unpaired) electrons. The number of nitrogens with zero attached hydrogens (tertiary/aromatic N) is 2. The summed E-state index contributed by atoms with van der Waals surface area (Å²) in [5.74, 6) is 0.193. The van der Waals surface area contributed by atoms with Crippen molar-refractivity contribution in [3.63, 3.8) is 0 Å². The number of aromatic nitrogens is 1. The zero-order chi connectivity index (χ0) is 12.9. The summed E-state index contributed by atoms with van der Waals surface area (Å²) < 4.78 is 0. The van der Waals surface area contributed by atoms with Crippen molar-refractivity contribution >= 4 is 17.2 Å². The molecule has 1 aromatic rings. The minimum absolute atomic E-state index is 0.193. The highest BCUT2D eigenvalue weighted by molar-refractivity contribution is 7.13. The number of amides is 1. The van der Waals surface area contributed by atoms with Gasteiger partial charge in [0.2, 0.25) is 0 Å². The van der Waals surface area contributed by atoms with E-state index < -0.39 is 0 Å². The first kappa shape index (κ1) is 11.9. The third kappa shape index (κ3) is 1.79. The van der Waals surface area contributed by atoms with Crippen molar-refractivity contribution in [2.75, 3.05) is 0 Å². The molecule has 2 saturated heterocycles. The maximum absolute atomic E-state index is 12.7. The Morgan fingerprint density at radius 2 is 1.94 bits per heavy atom. The maximum Gasteiger partial charge on any atom is 0.266 e. The SMILES string of the molecule is C=C1CC2CCC(C1)N2C(=O)c1sc(C)nc1C. The molecule has 2 aliphatic rings. The van der Waals surface area contributed by atoms with E-state index in [1.165, 1.54) is 16.9 Å². The van der Waals surface area contributed by atoms with Gasteiger partial charge in [-0.25, -0.2) is 4.98 Å². The maximum atomic E-state index is 12.7. The molecule has 4 heteroatoms. The number of hydrogen-bond acceptors (Lipinski definition) is 3. The molecular weight excluding hydrogens is 244 g/mol. The van der Waals surface area contributed by atoms with Crippen LogP contribution in [0, 0.1) is 13.8 Å². The van der Waals surface area contributed by atoms with E-state index >= 15 is 0 Å². The van der Waals surface area contributed by atoms with Gasteiger partial charge in [-0.05, 0) is 39.5 Å². The zero-order valence-electron chi connectivity index (χ0n) is 10.9. The first-order chi connectivity index (χ1) is 8.56. The molecule has 3 rings (SSSR count). The van der Waals surface area contributed by atoms with E-state index in [0.717, 1.165) is 41.3 Å². The van der Waals surface area contributed by atoms with Gasteiger partial charge < -0.3 is 4.90 Å². The summed E-state index contributed by atoms with van der Waals surface area (Å²) in [6, 6.07) is 0.760. The van der Waals surface area contributed by atoms with Crippen LogP contribution < -0.4 is 0 Å². The summed E-state index contributed by atoms with van der Waals surface area (Å²) in [6.07, 6.45) is 4.23. The molecule has 18 heavy (non-hydrogen) atoms. The average Bonchev–Trinajstić information content (AvgIpc) is 2.76. The van der Waals surface area contributed by atoms with E-state index in [9.17, 15) is 4.79 Å². The number of aryl methyl sites for hydroxylation is 2. The Labute approximate surface area is 112 Å². The molecule has 0 spiro atoms. The van der Waals surface area contributed by atoms with Crippen molar-refractivity contribution in [1.82, 2.24) is 9.88 Å². The van der Waals surface area contributed by atoms with Gasteiger partial charge in [0.05, 0.1) is 10.7 Å². The Morgan fingerprint density at radius 3 is 2.44 bits per heavy atom. The highest BCUT2D eigenvalue weighted by Gasteiger charge is 2.41. The summed E-state index contributed by atoms with van der Waals surface area (Å²) in [7, 11) is 0. The molecular formula is C14H18N2OS. The lowest BCUT2D eigenvalue weighted by Gasteiger charge is -2.35. The summed E-state index contributed by atoms with van der Waals surface area (Å²) in [4.78, 5) is 20.0. The molecule has 0 aliphatic carbocycles. The van der Waals surface area contributed by atoms with Gasteiger partial charge in [0.15, 0.2) is 0 Å². The lowest BCUT2D eigenvalue weighted by Crippen LogP contribution is -2.44. The van der Waals surface area contributed by atoms with Crippen molar-refractivity contribution in [3.8, 4) is 0 Å². The van der Waals surface area contributed by atoms with Crippen LogP contribution in [0.3, 0.4) is 0 Å². The molecule has 2 unspecified atom stereocenters. The van der Waals surface area contributed by atoms with E-state index in [2.05, 4.69) is 16.5 Å². The monoisotopic (exact) mass is 262 g/mol. The predicted molar refractivity (Wildman–Crippen MR) is 72.9 cm³/mol. The Balaban J connectivity index is 1.90. The number of piperidine rings is 1. The third-order valence-corrected chi connectivity index (χ3v) is 5.06. The van der Waals surface area contributed by atoms with Crippen LogP contribution in [-0.2, 0) is 0 Å². The van der Waals surface area contributed by atoms with Crippen LogP contribution in [0.25, 0.3) is 0 Å². The lowest BCUT2D eigenvalue weighted by atomic mass is 9.98. The molecule has 0 N–H and O–H groups in total. The van der Waals surface area contributed by atoms with Crippen LogP contribution >= 0.6 is 11.3 Å². The van der Waals surface area contributed by atoms with E-state index in [1.807, 2.05) is 13.8 Å². The summed E-state index contributed by atoms with van der Waals surface area (Å²) in [6.45, 7) is 7.99. The Bertz CT molecular complexity index is 504. The fourth-order valence-electron chi connectivity index (χ4n) is 3.29. The molecule has 2 bridgehead atoms. The lowest BCUT2D eigenvalue weighted by molar-refractivity contribution is 0.0639. The highest BCUT2D eigenvalue weighted by atomic mass is 32.1. The fourth-order valence-corrected chi connectivity index (χ4v) is 4.15. The van der Waals surface area contributed by atoms with Crippen molar-refractivity contribution < 1.29 is 4.79 Å². The van der Waals surface area contributed by atoms with Gasteiger partial charge in [0.25, 0.3) is 5.91 Å². The van der Waals surface area contributed by atoms with Crippen molar-refractivity contribution in [2.24, 2.45) is 0 Å². The minimum Gasteiger partial charge on any atom is -0.331 e. The van der Waals surface area contributed by atoms with Gasteiger partial charge in [0.1, 0.15) is 4.88 Å². The number of carbonyl (C=O) groups is 1.